The number of carbonyl (C=O) groups excluding carboxylic acids is 3. The van der Waals surface area contributed by atoms with Crippen LogP contribution in [-0.2, 0) is 36.7 Å². The molecule has 0 fully saturated rings. The Balaban J connectivity index is 2.79. The molecule has 1 aromatic carbocycles. The molecule has 0 aliphatic heterocycles. The average Bonchev–Trinajstić information content (AvgIpc) is 2.72. The molecule has 1 amide bonds. The molecule has 0 aliphatic carbocycles. The number of halogens is 1. The van der Waals surface area contributed by atoms with E-state index in [1.54, 1.807) is 0 Å². The average molecular weight is 512 g/mol. The number of rotatable bonds is 15. The Morgan fingerprint density at radius 3 is 2.03 bits per heavy atom. The quantitative estimate of drug-likeness (QED) is 0.255. The van der Waals surface area contributed by atoms with Gasteiger partial charge in [-0.15, -0.1) is 0 Å². The van der Waals surface area contributed by atoms with Crippen molar-refractivity contribution in [2.45, 2.75) is 91.0 Å². The summed E-state index contributed by atoms with van der Waals surface area (Å²) in [6.45, 7) is 6.11. The zero-order chi connectivity index (χ0) is 24.0. The molecule has 0 aromatic heterocycles. The highest BCUT2D eigenvalue weighted by Gasteiger charge is 2.34. The lowest BCUT2D eigenvalue weighted by atomic mass is 9.91. The van der Waals surface area contributed by atoms with Crippen LogP contribution in [0.2, 0.25) is 0 Å². The van der Waals surface area contributed by atoms with Gasteiger partial charge >= 0.3 is 11.9 Å². The summed E-state index contributed by atoms with van der Waals surface area (Å²) >= 11 is 3.69. The maximum Gasteiger partial charge on any atom is 0.302 e. The molecule has 6 nitrogen and oxygen atoms in total. The Hall–Kier alpha value is -1.89. The third-order valence-corrected chi connectivity index (χ3v) is 6.09. The van der Waals surface area contributed by atoms with Crippen molar-refractivity contribution in [3.63, 3.8) is 0 Å². The first kappa shape index (κ1) is 28.1. The van der Waals surface area contributed by atoms with Crippen LogP contribution in [-0.4, -0.2) is 36.6 Å². The van der Waals surface area contributed by atoms with E-state index in [0.29, 0.717) is 12.8 Å². The first-order chi connectivity index (χ1) is 15.2. The van der Waals surface area contributed by atoms with Crippen molar-refractivity contribution in [3.05, 3.63) is 33.8 Å². The molecule has 0 aliphatic rings. The summed E-state index contributed by atoms with van der Waals surface area (Å²) in [6, 6.07) is 6.33. The summed E-state index contributed by atoms with van der Waals surface area (Å²) in [7, 11) is 0. The SMILES string of the molecule is CCCCCCCCc1ccc(CCC(COC(C)=O)(COC(C)=O)NC(C)=O)cc1Br. The van der Waals surface area contributed by atoms with Crippen molar-refractivity contribution >= 4 is 33.8 Å². The molecule has 1 N–H and O–H groups in total. The molecule has 0 atom stereocenters. The standard InChI is InChI=1S/C25H38BrNO5/c1-5-6-7-8-9-10-11-23-13-12-22(16-24(23)26)14-15-25(27-19(2)28,17-31-20(3)29)18-32-21(4)30/h12-13,16H,5-11,14-15,17-18H2,1-4H3,(H,27,28). The van der Waals surface area contributed by atoms with E-state index in [0.717, 1.165) is 16.5 Å². The molecule has 0 radical (unpaired) electrons. The molecule has 1 rings (SSSR count). The van der Waals surface area contributed by atoms with Crippen molar-refractivity contribution in [1.82, 2.24) is 5.32 Å². The largest absolute Gasteiger partial charge is 0.463 e. The number of benzene rings is 1. The monoisotopic (exact) mass is 511 g/mol. The maximum atomic E-state index is 11.8. The van der Waals surface area contributed by atoms with E-state index in [2.05, 4.69) is 46.4 Å². The van der Waals surface area contributed by atoms with Gasteiger partial charge in [0.1, 0.15) is 18.8 Å². The number of unbranched alkanes of at least 4 members (excludes halogenated alkanes) is 5. The topological polar surface area (TPSA) is 81.7 Å². The van der Waals surface area contributed by atoms with Gasteiger partial charge in [0.05, 0.1) is 0 Å². The number of ether oxygens (including phenoxy) is 2. The molecule has 0 bridgehead atoms. The van der Waals surface area contributed by atoms with Crippen LogP contribution in [0.5, 0.6) is 0 Å². The van der Waals surface area contributed by atoms with Crippen LogP contribution < -0.4 is 5.32 Å². The normalized spacial score (nSPS) is 11.2. The highest BCUT2D eigenvalue weighted by atomic mass is 79.9. The van der Waals surface area contributed by atoms with Crippen molar-refractivity contribution in [3.8, 4) is 0 Å². The van der Waals surface area contributed by atoms with E-state index in [9.17, 15) is 14.4 Å². The van der Waals surface area contributed by atoms with Crippen LogP contribution in [0.3, 0.4) is 0 Å². The summed E-state index contributed by atoms with van der Waals surface area (Å²) in [5, 5.41) is 2.84. The van der Waals surface area contributed by atoms with Crippen LogP contribution in [0.1, 0.15) is 83.8 Å². The number of amides is 1. The Bertz CT molecular complexity index is 732. The summed E-state index contributed by atoms with van der Waals surface area (Å²) in [4.78, 5) is 34.6. The van der Waals surface area contributed by atoms with Crippen molar-refractivity contribution in [1.29, 1.82) is 0 Å². The van der Waals surface area contributed by atoms with Gasteiger partial charge in [0.2, 0.25) is 5.91 Å². The van der Waals surface area contributed by atoms with E-state index in [-0.39, 0.29) is 19.1 Å². The third-order valence-electron chi connectivity index (χ3n) is 5.35. The number of hydrogen-bond donors (Lipinski definition) is 1. The van der Waals surface area contributed by atoms with Crippen LogP contribution >= 0.6 is 15.9 Å². The van der Waals surface area contributed by atoms with E-state index < -0.39 is 17.5 Å². The molecular formula is C25H38BrNO5. The van der Waals surface area contributed by atoms with Gasteiger partial charge in [-0.05, 0) is 42.9 Å². The van der Waals surface area contributed by atoms with E-state index in [1.165, 1.54) is 64.9 Å². The Morgan fingerprint density at radius 1 is 0.906 bits per heavy atom. The van der Waals surface area contributed by atoms with Gasteiger partial charge in [0.25, 0.3) is 0 Å². The minimum absolute atomic E-state index is 0.0630. The zero-order valence-electron chi connectivity index (χ0n) is 19.9. The minimum atomic E-state index is -0.979. The second-order valence-electron chi connectivity index (χ2n) is 8.47. The molecule has 0 saturated carbocycles. The molecule has 180 valence electrons. The number of hydrogen-bond acceptors (Lipinski definition) is 5. The summed E-state index contributed by atoms with van der Waals surface area (Å²) in [5.41, 5.74) is 1.40. The van der Waals surface area contributed by atoms with E-state index in [4.69, 9.17) is 9.47 Å². The number of aryl methyl sites for hydroxylation is 2. The molecule has 32 heavy (non-hydrogen) atoms. The first-order valence-electron chi connectivity index (χ1n) is 11.5. The van der Waals surface area contributed by atoms with Gasteiger partial charge < -0.3 is 14.8 Å². The lowest BCUT2D eigenvalue weighted by Crippen LogP contribution is -2.55. The van der Waals surface area contributed by atoms with Crippen LogP contribution in [0.25, 0.3) is 0 Å². The van der Waals surface area contributed by atoms with Gasteiger partial charge in [0, 0.05) is 25.2 Å². The predicted octanol–water partition coefficient (Wildman–Crippen LogP) is 5.29. The second kappa shape index (κ2) is 15.0. The number of esters is 2. The predicted molar refractivity (Wildman–Crippen MR) is 129 cm³/mol. The summed E-state index contributed by atoms with van der Waals surface area (Å²) < 4.78 is 11.5. The van der Waals surface area contributed by atoms with E-state index >= 15 is 0 Å². The minimum Gasteiger partial charge on any atom is -0.463 e. The molecule has 1 aromatic rings. The fourth-order valence-electron chi connectivity index (χ4n) is 3.60. The van der Waals surface area contributed by atoms with Crippen molar-refractivity contribution < 1.29 is 23.9 Å². The smallest absolute Gasteiger partial charge is 0.302 e. The van der Waals surface area contributed by atoms with Crippen molar-refractivity contribution in [2.24, 2.45) is 0 Å². The summed E-state index contributed by atoms with van der Waals surface area (Å²) in [5.74, 6) is -1.19. The van der Waals surface area contributed by atoms with Gasteiger partial charge in [-0.2, -0.15) is 0 Å². The van der Waals surface area contributed by atoms with E-state index in [1.807, 2.05) is 0 Å². The molecule has 0 heterocycles. The number of carbonyl (C=O) groups is 3. The van der Waals surface area contributed by atoms with Gasteiger partial charge in [-0.25, -0.2) is 0 Å². The fourth-order valence-corrected chi connectivity index (χ4v) is 4.23. The molecule has 7 heteroatoms. The highest BCUT2D eigenvalue weighted by Crippen LogP contribution is 2.24. The zero-order valence-corrected chi connectivity index (χ0v) is 21.5. The Labute approximate surface area is 200 Å². The molecule has 0 saturated heterocycles. The second-order valence-corrected chi connectivity index (χ2v) is 9.32. The van der Waals surface area contributed by atoms with Crippen LogP contribution in [0.4, 0.5) is 0 Å². The molecular weight excluding hydrogens is 474 g/mol. The Kier molecular flexibility index (Phi) is 13.2. The summed E-state index contributed by atoms with van der Waals surface area (Å²) in [6.07, 6.45) is 9.73. The van der Waals surface area contributed by atoms with Crippen LogP contribution in [0, 0.1) is 0 Å². The maximum absolute atomic E-state index is 11.8. The van der Waals surface area contributed by atoms with Gasteiger partial charge in [-0.1, -0.05) is 67.1 Å². The number of nitrogens with one attached hydrogen (secondary N) is 1. The third kappa shape index (κ3) is 11.7. The van der Waals surface area contributed by atoms with Crippen LogP contribution in [0.15, 0.2) is 22.7 Å². The van der Waals surface area contributed by atoms with Crippen molar-refractivity contribution in [2.75, 3.05) is 13.2 Å². The first-order valence-corrected chi connectivity index (χ1v) is 12.3. The molecule has 0 unspecified atom stereocenters. The lowest BCUT2D eigenvalue weighted by molar-refractivity contribution is -0.150. The van der Waals surface area contributed by atoms with Gasteiger partial charge in [-0.3, -0.25) is 14.4 Å². The highest BCUT2D eigenvalue weighted by molar-refractivity contribution is 9.10. The lowest BCUT2D eigenvalue weighted by Gasteiger charge is -2.33. The van der Waals surface area contributed by atoms with Gasteiger partial charge in [0.15, 0.2) is 0 Å². The fraction of sp³-hybridized carbons (Fsp3) is 0.640. The molecule has 0 spiro atoms. The Morgan fingerprint density at radius 2 is 1.50 bits per heavy atom.